The molecule has 3 nitrogen and oxygen atoms in total. The molecular formula is C13H16Cl6N2OS. The van der Waals surface area contributed by atoms with E-state index in [1.807, 2.05) is 5.38 Å². The van der Waals surface area contributed by atoms with E-state index in [0.29, 0.717) is 6.42 Å². The van der Waals surface area contributed by atoms with Crippen LogP contribution in [-0.2, 0) is 4.79 Å². The van der Waals surface area contributed by atoms with E-state index in [1.54, 1.807) is 20.0 Å². The third-order valence-electron chi connectivity index (χ3n) is 3.28. The van der Waals surface area contributed by atoms with Crippen LogP contribution in [0.3, 0.4) is 0 Å². The van der Waals surface area contributed by atoms with Crippen molar-refractivity contribution in [2.45, 2.75) is 40.3 Å². The third kappa shape index (κ3) is 7.72. The van der Waals surface area contributed by atoms with Crippen LogP contribution in [0.1, 0.15) is 37.7 Å². The molecule has 0 saturated heterocycles. The Morgan fingerprint density at radius 2 is 1.74 bits per heavy atom. The molecule has 1 aromatic rings. The Morgan fingerprint density at radius 3 is 2.17 bits per heavy atom. The average Bonchev–Trinajstić information content (AvgIpc) is 2.89. The van der Waals surface area contributed by atoms with Crippen molar-refractivity contribution in [2.75, 3.05) is 0 Å². The zero-order valence-corrected chi connectivity index (χ0v) is 17.7. The lowest BCUT2D eigenvalue weighted by Crippen LogP contribution is -2.34. The van der Waals surface area contributed by atoms with Crippen LogP contribution < -0.4 is 5.32 Å². The van der Waals surface area contributed by atoms with Gasteiger partial charge in [0.15, 0.2) is 7.59 Å². The fourth-order valence-electron chi connectivity index (χ4n) is 1.76. The predicted molar refractivity (Wildman–Crippen MR) is 101 cm³/mol. The van der Waals surface area contributed by atoms with E-state index < -0.39 is 13.5 Å². The third-order valence-corrected chi connectivity index (χ3v) is 6.41. The molecule has 0 aromatic carbocycles. The summed E-state index contributed by atoms with van der Waals surface area (Å²) in [5.41, 5.74) is 0. The van der Waals surface area contributed by atoms with E-state index in [9.17, 15) is 4.79 Å². The molecule has 0 aliphatic carbocycles. The average molecular weight is 461 g/mol. The first-order chi connectivity index (χ1) is 10.4. The Kier molecular flexibility index (Phi) is 8.54. The molecule has 3 atom stereocenters. The number of rotatable bonds is 6. The summed E-state index contributed by atoms with van der Waals surface area (Å²) in [5, 5.41) is 5.44. The van der Waals surface area contributed by atoms with E-state index >= 15 is 0 Å². The Labute approximate surface area is 169 Å². The quantitative estimate of drug-likeness (QED) is 0.521. The first-order valence-electron chi connectivity index (χ1n) is 6.73. The topological polar surface area (TPSA) is 42.0 Å². The summed E-state index contributed by atoms with van der Waals surface area (Å²) >= 11 is 36.6. The summed E-state index contributed by atoms with van der Waals surface area (Å²) in [6.45, 7) is 3.48. The number of nitrogens with one attached hydrogen (secondary N) is 1. The molecule has 1 aromatic heterocycles. The van der Waals surface area contributed by atoms with Crippen LogP contribution in [0, 0.1) is 11.8 Å². The molecule has 10 heteroatoms. The number of halogens is 6. The molecule has 0 spiro atoms. The van der Waals surface area contributed by atoms with Crippen LogP contribution in [0.5, 0.6) is 0 Å². The van der Waals surface area contributed by atoms with Crippen molar-refractivity contribution in [1.82, 2.24) is 10.3 Å². The second-order valence-electron chi connectivity index (χ2n) is 5.32. The number of carbonyl (C=O) groups excluding carboxylic acids is 1. The summed E-state index contributed by atoms with van der Waals surface area (Å²) in [7, 11) is 0. The van der Waals surface area contributed by atoms with E-state index in [2.05, 4.69) is 10.3 Å². The maximum absolute atomic E-state index is 12.2. The Morgan fingerprint density at radius 1 is 1.17 bits per heavy atom. The van der Waals surface area contributed by atoms with Crippen molar-refractivity contribution in [3.63, 3.8) is 0 Å². The molecule has 1 rings (SSSR count). The van der Waals surface area contributed by atoms with Gasteiger partial charge in [0.2, 0.25) is 5.91 Å². The zero-order valence-electron chi connectivity index (χ0n) is 12.3. The second-order valence-corrected chi connectivity index (χ2v) is 11.0. The summed E-state index contributed by atoms with van der Waals surface area (Å²) in [6, 6.07) is -0.365. The highest BCUT2D eigenvalue weighted by molar-refractivity contribution is 7.09. The van der Waals surface area contributed by atoms with Crippen molar-refractivity contribution >= 4 is 86.8 Å². The number of alkyl halides is 6. The lowest BCUT2D eigenvalue weighted by molar-refractivity contribution is -0.122. The molecule has 0 aliphatic heterocycles. The molecule has 132 valence electrons. The largest absolute Gasteiger partial charge is 0.347 e. The van der Waals surface area contributed by atoms with Crippen LogP contribution in [0.2, 0.25) is 0 Å². The van der Waals surface area contributed by atoms with Gasteiger partial charge in [0.25, 0.3) is 0 Å². The minimum Gasteiger partial charge on any atom is -0.347 e. The van der Waals surface area contributed by atoms with Gasteiger partial charge in [-0.3, -0.25) is 4.79 Å². The van der Waals surface area contributed by atoms with Gasteiger partial charge in [0.05, 0.1) is 6.04 Å². The lowest BCUT2D eigenvalue weighted by Gasteiger charge is -2.26. The van der Waals surface area contributed by atoms with Gasteiger partial charge >= 0.3 is 0 Å². The summed E-state index contributed by atoms with van der Waals surface area (Å²) in [6.07, 6.45) is 2.15. The maximum atomic E-state index is 12.2. The summed E-state index contributed by atoms with van der Waals surface area (Å²) in [4.78, 5) is 16.5. The molecule has 0 unspecified atom stereocenters. The first kappa shape index (κ1) is 21.9. The summed E-state index contributed by atoms with van der Waals surface area (Å²) in [5.74, 6) is -0.970. The molecule has 1 heterocycles. The fraction of sp³-hybridized carbons (Fsp3) is 0.692. The lowest BCUT2D eigenvalue weighted by atomic mass is 10.0. The van der Waals surface area contributed by atoms with Gasteiger partial charge in [0, 0.05) is 29.8 Å². The van der Waals surface area contributed by atoms with Gasteiger partial charge in [-0.1, -0.05) is 83.5 Å². The van der Waals surface area contributed by atoms with E-state index in [0.717, 1.165) is 5.01 Å². The highest BCUT2D eigenvalue weighted by Gasteiger charge is 2.34. The summed E-state index contributed by atoms with van der Waals surface area (Å²) < 4.78 is -2.93. The van der Waals surface area contributed by atoms with Crippen LogP contribution in [0.4, 0.5) is 0 Å². The highest BCUT2D eigenvalue weighted by Crippen LogP contribution is 2.40. The smallest absolute Gasteiger partial charge is 0.220 e. The minimum absolute atomic E-state index is 0.0700. The number of amides is 1. The minimum atomic E-state index is -1.50. The molecule has 1 amide bonds. The number of carbonyl (C=O) groups is 1. The first-order valence-corrected chi connectivity index (χ1v) is 9.88. The molecule has 1 N–H and O–H groups in total. The monoisotopic (exact) mass is 458 g/mol. The van der Waals surface area contributed by atoms with Crippen molar-refractivity contribution in [3.8, 4) is 0 Å². The van der Waals surface area contributed by atoms with Gasteiger partial charge in [-0.25, -0.2) is 4.98 Å². The van der Waals surface area contributed by atoms with Gasteiger partial charge in [-0.15, -0.1) is 11.3 Å². The number of nitrogens with zero attached hydrogens (tertiary/aromatic N) is 1. The molecule has 0 saturated carbocycles. The van der Waals surface area contributed by atoms with Crippen molar-refractivity contribution in [2.24, 2.45) is 11.8 Å². The molecule has 23 heavy (non-hydrogen) atoms. The molecule has 0 fully saturated rings. The Hall–Kier alpha value is 0.840. The molecular weight excluding hydrogens is 445 g/mol. The number of hydrogen-bond acceptors (Lipinski definition) is 3. The van der Waals surface area contributed by atoms with E-state index in [4.69, 9.17) is 69.6 Å². The zero-order chi connectivity index (χ0) is 17.8. The number of hydrogen-bond donors (Lipinski definition) is 1. The molecule has 0 bridgehead atoms. The van der Waals surface area contributed by atoms with Crippen LogP contribution >= 0.6 is 80.9 Å². The highest BCUT2D eigenvalue weighted by atomic mass is 35.6. The normalized spacial score (nSPS) is 16.7. The van der Waals surface area contributed by atoms with Gasteiger partial charge in [0.1, 0.15) is 5.01 Å². The van der Waals surface area contributed by atoms with Crippen molar-refractivity contribution in [1.29, 1.82) is 0 Å². The standard InChI is InChI=1S/C13H16Cl6N2OS/c1-7(12(14,15)16)5-9(11-20-3-4-23-11)21-10(22)6-8(2)13(17,18)19/h3-4,7-9H,5-6H2,1-2H3,(H,21,22)/t7-,8-,9+/m0/s1. The molecule has 0 aliphatic rings. The van der Waals surface area contributed by atoms with Crippen LogP contribution in [0.15, 0.2) is 11.6 Å². The number of thiazole rings is 1. The maximum Gasteiger partial charge on any atom is 0.220 e. The Balaban J connectivity index is 2.77. The van der Waals surface area contributed by atoms with Gasteiger partial charge in [-0.05, 0) is 6.42 Å². The SMILES string of the molecule is C[C@@H](CC(=O)N[C@H](C[C@H](C)C(Cl)(Cl)Cl)c1nccs1)C(Cl)(Cl)Cl. The van der Waals surface area contributed by atoms with Gasteiger partial charge in [-0.2, -0.15) is 0 Å². The van der Waals surface area contributed by atoms with E-state index in [1.165, 1.54) is 11.3 Å². The molecule has 0 radical (unpaired) electrons. The van der Waals surface area contributed by atoms with Crippen molar-refractivity contribution < 1.29 is 4.79 Å². The van der Waals surface area contributed by atoms with Crippen LogP contribution in [-0.4, -0.2) is 18.5 Å². The van der Waals surface area contributed by atoms with Crippen molar-refractivity contribution in [3.05, 3.63) is 16.6 Å². The second kappa shape index (κ2) is 8.98. The van der Waals surface area contributed by atoms with E-state index in [-0.39, 0.29) is 24.3 Å². The predicted octanol–water partition coefficient (Wildman–Crippen LogP) is 6.09. The Bertz CT molecular complexity index is 500. The fourth-order valence-corrected chi connectivity index (χ4v) is 2.96. The number of aromatic nitrogens is 1. The van der Waals surface area contributed by atoms with Crippen LogP contribution in [0.25, 0.3) is 0 Å². The van der Waals surface area contributed by atoms with Gasteiger partial charge < -0.3 is 5.32 Å².